The number of sulfone groups is 1. The average molecular weight is 249 g/mol. The van der Waals surface area contributed by atoms with Crippen molar-refractivity contribution >= 4 is 9.84 Å². The summed E-state index contributed by atoms with van der Waals surface area (Å²) >= 11 is 0. The van der Waals surface area contributed by atoms with Gasteiger partial charge in [0.25, 0.3) is 0 Å². The molecule has 1 heterocycles. The van der Waals surface area contributed by atoms with Crippen LogP contribution in [0.3, 0.4) is 0 Å². The molecular weight excluding hydrogens is 226 g/mol. The fourth-order valence-electron chi connectivity index (χ4n) is 1.78. The number of rotatable bonds is 3. The van der Waals surface area contributed by atoms with Gasteiger partial charge in [-0.25, -0.2) is 8.42 Å². The first-order valence-electron chi connectivity index (χ1n) is 5.88. The van der Waals surface area contributed by atoms with Gasteiger partial charge in [-0.1, -0.05) is 13.8 Å². The topological polar surface area (TPSA) is 57.6 Å². The SMILES string of the molecule is CC(C)C(C)(O)CN1CCCS(=O)(=O)CC1. The minimum atomic E-state index is -2.85. The Morgan fingerprint density at radius 1 is 1.31 bits per heavy atom. The maximum Gasteiger partial charge on any atom is 0.151 e. The third-order valence-corrected chi connectivity index (χ3v) is 5.15. The van der Waals surface area contributed by atoms with Crippen molar-refractivity contribution in [3.05, 3.63) is 0 Å². The summed E-state index contributed by atoms with van der Waals surface area (Å²) in [7, 11) is -2.85. The molecule has 0 aromatic heterocycles. The second-order valence-electron chi connectivity index (χ2n) is 5.29. The fourth-order valence-corrected chi connectivity index (χ4v) is 3.09. The summed E-state index contributed by atoms with van der Waals surface area (Å²) in [4.78, 5) is 2.06. The molecule has 4 nitrogen and oxygen atoms in total. The summed E-state index contributed by atoms with van der Waals surface area (Å²) < 4.78 is 22.9. The van der Waals surface area contributed by atoms with Gasteiger partial charge in [-0.2, -0.15) is 0 Å². The molecule has 96 valence electrons. The summed E-state index contributed by atoms with van der Waals surface area (Å²) in [6, 6.07) is 0. The normalized spacial score (nSPS) is 26.3. The summed E-state index contributed by atoms with van der Waals surface area (Å²) in [6.45, 7) is 7.65. The Labute approximate surface area is 98.6 Å². The lowest BCUT2D eigenvalue weighted by Gasteiger charge is -2.33. The van der Waals surface area contributed by atoms with Crippen LogP contribution in [0.25, 0.3) is 0 Å². The van der Waals surface area contributed by atoms with Crippen LogP contribution >= 0.6 is 0 Å². The van der Waals surface area contributed by atoms with Crippen molar-refractivity contribution in [2.45, 2.75) is 32.8 Å². The number of hydrogen-bond acceptors (Lipinski definition) is 4. The number of aliphatic hydroxyl groups is 1. The molecule has 1 unspecified atom stereocenters. The third kappa shape index (κ3) is 4.03. The maximum absolute atomic E-state index is 11.4. The molecule has 1 aliphatic rings. The fraction of sp³-hybridized carbons (Fsp3) is 1.00. The van der Waals surface area contributed by atoms with E-state index in [0.717, 1.165) is 6.54 Å². The van der Waals surface area contributed by atoms with E-state index in [1.807, 2.05) is 20.8 Å². The number of hydrogen-bond donors (Lipinski definition) is 1. The second-order valence-corrected chi connectivity index (χ2v) is 7.60. The predicted molar refractivity (Wildman–Crippen MR) is 65.2 cm³/mol. The Morgan fingerprint density at radius 3 is 2.50 bits per heavy atom. The van der Waals surface area contributed by atoms with Crippen LogP contribution in [0.4, 0.5) is 0 Å². The second kappa shape index (κ2) is 5.02. The smallest absolute Gasteiger partial charge is 0.151 e. The van der Waals surface area contributed by atoms with E-state index < -0.39 is 15.4 Å². The third-order valence-electron chi connectivity index (χ3n) is 3.44. The van der Waals surface area contributed by atoms with Gasteiger partial charge in [0.2, 0.25) is 0 Å². The molecule has 0 spiro atoms. The molecule has 0 saturated carbocycles. The zero-order valence-electron chi connectivity index (χ0n) is 10.4. The zero-order valence-corrected chi connectivity index (χ0v) is 11.3. The van der Waals surface area contributed by atoms with Gasteiger partial charge in [-0.3, -0.25) is 4.90 Å². The molecule has 1 fully saturated rings. The van der Waals surface area contributed by atoms with Crippen LogP contribution < -0.4 is 0 Å². The minimum absolute atomic E-state index is 0.173. The van der Waals surface area contributed by atoms with E-state index in [2.05, 4.69) is 4.90 Å². The first-order valence-corrected chi connectivity index (χ1v) is 7.70. The first-order chi connectivity index (χ1) is 7.23. The molecule has 1 N–H and O–H groups in total. The summed E-state index contributed by atoms with van der Waals surface area (Å²) in [6.07, 6.45) is 0.677. The maximum atomic E-state index is 11.4. The van der Waals surface area contributed by atoms with Gasteiger partial charge in [0, 0.05) is 13.1 Å². The van der Waals surface area contributed by atoms with Crippen LogP contribution in [0.5, 0.6) is 0 Å². The molecule has 1 aliphatic heterocycles. The standard InChI is InChI=1S/C11H23NO3S/c1-10(2)11(3,13)9-12-5-4-7-16(14,15)8-6-12/h10,13H,4-9H2,1-3H3. The molecule has 5 heteroatoms. The van der Waals surface area contributed by atoms with Crippen LogP contribution in [-0.4, -0.2) is 55.2 Å². The lowest BCUT2D eigenvalue weighted by atomic mass is 9.92. The van der Waals surface area contributed by atoms with Gasteiger partial charge in [0.05, 0.1) is 17.1 Å². The molecule has 0 bridgehead atoms. The molecule has 1 saturated heterocycles. The van der Waals surface area contributed by atoms with E-state index in [1.54, 1.807) is 0 Å². The molecule has 0 amide bonds. The first kappa shape index (κ1) is 13.9. The minimum Gasteiger partial charge on any atom is -0.389 e. The quantitative estimate of drug-likeness (QED) is 0.792. The summed E-state index contributed by atoms with van der Waals surface area (Å²) in [5.41, 5.74) is -0.742. The van der Waals surface area contributed by atoms with E-state index >= 15 is 0 Å². The number of β-amino-alcohol motifs (C(OH)–C–C–N with tert-alkyl or cyclic N) is 1. The largest absolute Gasteiger partial charge is 0.389 e. The zero-order chi connectivity index (χ0) is 12.4. The monoisotopic (exact) mass is 249 g/mol. The number of nitrogens with zero attached hydrogens (tertiary/aromatic N) is 1. The Kier molecular flexibility index (Phi) is 4.37. The van der Waals surface area contributed by atoms with Crippen LogP contribution in [0.1, 0.15) is 27.2 Å². The molecule has 0 aromatic carbocycles. The summed E-state index contributed by atoms with van der Waals surface area (Å²) in [5, 5.41) is 10.2. The van der Waals surface area contributed by atoms with Crippen molar-refractivity contribution in [2.75, 3.05) is 31.1 Å². The summed E-state index contributed by atoms with van der Waals surface area (Å²) in [5.74, 6) is 0.682. The Balaban J connectivity index is 2.57. The van der Waals surface area contributed by atoms with Gasteiger partial charge in [-0.15, -0.1) is 0 Å². The van der Waals surface area contributed by atoms with Gasteiger partial charge < -0.3 is 5.11 Å². The van der Waals surface area contributed by atoms with Gasteiger partial charge in [0.1, 0.15) is 0 Å². The average Bonchev–Trinajstić information content (AvgIpc) is 2.27. The van der Waals surface area contributed by atoms with E-state index in [9.17, 15) is 13.5 Å². The van der Waals surface area contributed by atoms with Crippen molar-refractivity contribution in [1.82, 2.24) is 4.90 Å². The molecule has 16 heavy (non-hydrogen) atoms. The van der Waals surface area contributed by atoms with Crippen molar-refractivity contribution in [2.24, 2.45) is 5.92 Å². The van der Waals surface area contributed by atoms with E-state index in [4.69, 9.17) is 0 Å². The van der Waals surface area contributed by atoms with Crippen LogP contribution in [0.15, 0.2) is 0 Å². The molecule has 0 aromatic rings. The predicted octanol–water partition coefficient (Wildman–Crippen LogP) is 0.514. The highest BCUT2D eigenvalue weighted by atomic mass is 32.2. The van der Waals surface area contributed by atoms with E-state index in [1.165, 1.54) is 0 Å². The van der Waals surface area contributed by atoms with Crippen LogP contribution in [0, 0.1) is 5.92 Å². The van der Waals surface area contributed by atoms with Gasteiger partial charge in [0.15, 0.2) is 9.84 Å². The van der Waals surface area contributed by atoms with Gasteiger partial charge >= 0.3 is 0 Å². The van der Waals surface area contributed by atoms with Crippen molar-refractivity contribution in [1.29, 1.82) is 0 Å². The van der Waals surface area contributed by atoms with Crippen molar-refractivity contribution < 1.29 is 13.5 Å². The Bertz CT molecular complexity index is 322. The molecule has 0 radical (unpaired) electrons. The van der Waals surface area contributed by atoms with Crippen molar-refractivity contribution in [3.63, 3.8) is 0 Å². The Hall–Kier alpha value is -0.130. The van der Waals surface area contributed by atoms with Crippen molar-refractivity contribution in [3.8, 4) is 0 Å². The van der Waals surface area contributed by atoms with Crippen LogP contribution in [0.2, 0.25) is 0 Å². The molecule has 1 atom stereocenters. The van der Waals surface area contributed by atoms with E-state index in [-0.39, 0.29) is 17.4 Å². The molecule has 0 aliphatic carbocycles. The Morgan fingerprint density at radius 2 is 1.94 bits per heavy atom. The lowest BCUT2D eigenvalue weighted by molar-refractivity contribution is -0.0171. The molecule has 1 rings (SSSR count). The van der Waals surface area contributed by atoms with Gasteiger partial charge in [-0.05, 0) is 25.8 Å². The molecular formula is C11H23NO3S. The highest BCUT2D eigenvalue weighted by molar-refractivity contribution is 7.91. The van der Waals surface area contributed by atoms with E-state index in [0.29, 0.717) is 19.5 Å². The highest BCUT2D eigenvalue weighted by Gasteiger charge is 2.29. The highest BCUT2D eigenvalue weighted by Crippen LogP contribution is 2.18. The van der Waals surface area contributed by atoms with Crippen LogP contribution in [-0.2, 0) is 9.84 Å². The lowest BCUT2D eigenvalue weighted by Crippen LogP contribution is -2.45.